The van der Waals surface area contributed by atoms with Crippen molar-refractivity contribution in [1.29, 1.82) is 0 Å². The molecular formula is C26H34N4O3S. The zero-order chi connectivity index (χ0) is 24.1. The zero-order valence-electron chi connectivity index (χ0n) is 20.1. The fraction of sp³-hybridized carbons (Fsp3) is 0.423. The summed E-state index contributed by atoms with van der Waals surface area (Å²) in [5.74, 6) is 2.34. The Hall–Kier alpha value is -2.68. The minimum absolute atomic E-state index is 0.183. The summed E-state index contributed by atoms with van der Waals surface area (Å²) in [5, 5.41) is 3.73. The van der Waals surface area contributed by atoms with Crippen LogP contribution < -0.4 is 9.46 Å². The lowest BCUT2D eigenvalue weighted by atomic mass is 9.86. The van der Waals surface area contributed by atoms with Crippen molar-refractivity contribution in [2.45, 2.75) is 30.1 Å². The van der Waals surface area contributed by atoms with Crippen molar-refractivity contribution in [3.05, 3.63) is 77.6 Å². The van der Waals surface area contributed by atoms with Crippen molar-refractivity contribution in [1.82, 2.24) is 19.4 Å². The predicted molar refractivity (Wildman–Crippen MR) is 134 cm³/mol. The van der Waals surface area contributed by atoms with Gasteiger partial charge in [0.2, 0.25) is 10.0 Å². The van der Waals surface area contributed by atoms with E-state index in [1.54, 1.807) is 14.2 Å². The lowest BCUT2D eigenvalue weighted by Gasteiger charge is -2.35. The first-order valence-corrected chi connectivity index (χ1v) is 13.2. The van der Waals surface area contributed by atoms with Crippen molar-refractivity contribution >= 4 is 10.0 Å². The van der Waals surface area contributed by atoms with Crippen LogP contribution in [0, 0.1) is 5.92 Å². The van der Waals surface area contributed by atoms with Gasteiger partial charge in [0.15, 0.2) is 0 Å². The van der Waals surface area contributed by atoms with E-state index in [1.165, 1.54) is 73.3 Å². The zero-order valence-corrected chi connectivity index (χ0v) is 21.0. The van der Waals surface area contributed by atoms with Crippen LogP contribution in [0.3, 0.4) is 0 Å². The molecule has 0 radical (unpaired) electrons. The maximum absolute atomic E-state index is 11.0. The molecule has 1 aliphatic heterocycles. The van der Waals surface area contributed by atoms with E-state index in [-0.39, 0.29) is 4.90 Å². The van der Waals surface area contributed by atoms with Gasteiger partial charge in [-0.25, -0.2) is 13.1 Å². The third-order valence-electron chi connectivity index (χ3n) is 6.80. The molecular weight excluding hydrogens is 448 g/mol. The number of likely N-dealkylation sites (tertiary alicyclic amines) is 1. The molecule has 182 valence electrons. The van der Waals surface area contributed by atoms with E-state index in [4.69, 9.17) is 4.74 Å². The predicted octanol–water partition coefficient (Wildman–Crippen LogP) is 3.23. The van der Waals surface area contributed by atoms with Gasteiger partial charge in [-0.05, 0) is 80.1 Å². The van der Waals surface area contributed by atoms with Crippen LogP contribution in [0.25, 0.3) is 0 Å². The summed E-state index contributed by atoms with van der Waals surface area (Å²) in [6.07, 6.45) is 6.46. The minimum Gasteiger partial charge on any atom is -0.497 e. The standard InChI is InChI=1S/C21H25NO.C5H9N3O2S/c1-23-19-9-8-17-13-18(15-22-10-5-11-22)20(21(17)14-19)12-16-6-3-2-4-7-16;1-6-11(9,10)5-3-7-8(2)4-5/h2-4,6-9,14,18,20H,5,10-13,15H2,1H3;3-4,6H,1-2H3. The second-order valence-electron chi connectivity index (χ2n) is 9.04. The van der Waals surface area contributed by atoms with Crippen LogP contribution in [0.15, 0.2) is 65.8 Å². The number of hydrogen-bond acceptors (Lipinski definition) is 5. The Bertz CT molecular complexity index is 1190. The normalized spacial score (nSPS) is 19.6. The molecule has 7 nitrogen and oxygen atoms in total. The molecule has 1 fully saturated rings. The summed E-state index contributed by atoms with van der Waals surface area (Å²) in [7, 11) is 1.48. The van der Waals surface area contributed by atoms with E-state index in [1.807, 2.05) is 0 Å². The maximum atomic E-state index is 11.0. The molecule has 0 bridgehead atoms. The highest BCUT2D eigenvalue weighted by atomic mass is 32.2. The average molecular weight is 483 g/mol. The molecule has 0 amide bonds. The van der Waals surface area contributed by atoms with E-state index in [0.717, 1.165) is 18.1 Å². The summed E-state index contributed by atoms with van der Waals surface area (Å²) >= 11 is 0. The van der Waals surface area contributed by atoms with E-state index < -0.39 is 10.0 Å². The second-order valence-corrected chi connectivity index (χ2v) is 10.9. The molecule has 2 aliphatic rings. The molecule has 5 rings (SSSR count). The van der Waals surface area contributed by atoms with Crippen molar-refractivity contribution < 1.29 is 13.2 Å². The highest BCUT2D eigenvalue weighted by Gasteiger charge is 2.34. The Morgan fingerprint density at radius 2 is 1.91 bits per heavy atom. The Labute approximate surface area is 202 Å². The lowest BCUT2D eigenvalue weighted by molar-refractivity contribution is 0.145. The number of aromatic nitrogens is 2. The number of hydrogen-bond donors (Lipinski definition) is 1. The topological polar surface area (TPSA) is 76.5 Å². The van der Waals surface area contributed by atoms with Crippen LogP contribution in [0.1, 0.15) is 29.0 Å². The molecule has 8 heteroatoms. The molecule has 2 unspecified atom stereocenters. The maximum Gasteiger partial charge on any atom is 0.243 e. The van der Waals surface area contributed by atoms with Gasteiger partial charge in [-0.1, -0.05) is 36.4 Å². The van der Waals surface area contributed by atoms with Crippen LogP contribution in [-0.4, -0.2) is 56.9 Å². The Balaban J connectivity index is 0.000000210. The van der Waals surface area contributed by atoms with Crippen LogP contribution in [-0.2, 0) is 29.9 Å². The number of methoxy groups -OCH3 is 1. The van der Waals surface area contributed by atoms with E-state index in [2.05, 4.69) is 63.3 Å². The average Bonchev–Trinajstić information content (AvgIpc) is 3.41. The van der Waals surface area contributed by atoms with Crippen LogP contribution in [0.4, 0.5) is 0 Å². The molecule has 2 heterocycles. The molecule has 1 aliphatic carbocycles. The number of aryl methyl sites for hydroxylation is 1. The van der Waals surface area contributed by atoms with Gasteiger partial charge in [-0.2, -0.15) is 5.10 Å². The van der Waals surface area contributed by atoms with Crippen LogP contribution >= 0.6 is 0 Å². The van der Waals surface area contributed by atoms with Gasteiger partial charge in [0, 0.05) is 19.8 Å². The van der Waals surface area contributed by atoms with Crippen LogP contribution in [0.5, 0.6) is 5.75 Å². The smallest absolute Gasteiger partial charge is 0.243 e. The van der Waals surface area contributed by atoms with Gasteiger partial charge in [-0.15, -0.1) is 0 Å². The molecule has 3 aromatic rings. The number of ether oxygens (including phenoxy) is 1. The molecule has 2 atom stereocenters. The Morgan fingerprint density at radius 3 is 2.50 bits per heavy atom. The fourth-order valence-electron chi connectivity index (χ4n) is 4.80. The monoisotopic (exact) mass is 482 g/mol. The number of benzene rings is 2. The second kappa shape index (κ2) is 10.7. The summed E-state index contributed by atoms with van der Waals surface area (Å²) < 4.78 is 31.2. The highest BCUT2D eigenvalue weighted by Crippen LogP contribution is 2.42. The summed E-state index contributed by atoms with van der Waals surface area (Å²) in [6.45, 7) is 3.82. The highest BCUT2D eigenvalue weighted by molar-refractivity contribution is 7.89. The molecule has 34 heavy (non-hydrogen) atoms. The first-order valence-electron chi connectivity index (χ1n) is 11.7. The number of rotatable bonds is 7. The number of nitrogens with zero attached hydrogens (tertiary/aromatic N) is 3. The third-order valence-corrected chi connectivity index (χ3v) is 8.17. The van der Waals surface area contributed by atoms with E-state index >= 15 is 0 Å². The molecule has 0 spiro atoms. The van der Waals surface area contributed by atoms with Crippen LogP contribution in [0.2, 0.25) is 0 Å². The van der Waals surface area contributed by atoms with Gasteiger partial charge in [-0.3, -0.25) is 4.68 Å². The first kappa shape index (κ1) is 24.4. The summed E-state index contributed by atoms with van der Waals surface area (Å²) in [4.78, 5) is 2.80. The molecule has 2 aromatic carbocycles. The molecule has 1 aromatic heterocycles. The number of fused-ring (bicyclic) bond motifs is 1. The van der Waals surface area contributed by atoms with Crippen molar-refractivity contribution in [2.24, 2.45) is 13.0 Å². The first-order chi connectivity index (χ1) is 16.4. The number of nitrogens with one attached hydrogen (secondary N) is 1. The molecule has 1 N–H and O–H groups in total. The van der Waals surface area contributed by atoms with Crippen molar-refractivity contribution in [2.75, 3.05) is 33.8 Å². The van der Waals surface area contributed by atoms with Gasteiger partial charge >= 0.3 is 0 Å². The lowest BCUT2D eigenvalue weighted by Crippen LogP contribution is -2.41. The quantitative estimate of drug-likeness (QED) is 0.560. The minimum atomic E-state index is -3.31. The van der Waals surface area contributed by atoms with Gasteiger partial charge in [0.05, 0.1) is 13.3 Å². The van der Waals surface area contributed by atoms with E-state index in [9.17, 15) is 8.42 Å². The number of sulfonamides is 1. The van der Waals surface area contributed by atoms with Gasteiger partial charge in [0.1, 0.15) is 10.6 Å². The SMILES string of the molecule is CNS(=O)(=O)c1cnn(C)c1.COc1ccc2c(c1)C(Cc1ccccc1)C(CN1CCC1)C2. The van der Waals surface area contributed by atoms with Crippen molar-refractivity contribution in [3.8, 4) is 5.75 Å². The Kier molecular flexibility index (Phi) is 7.70. The molecule has 0 saturated carbocycles. The molecule has 1 saturated heterocycles. The fourth-order valence-corrected chi connectivity index (χ4v) is 5.51. The summed E-state index contributed by atoms with van der Waals surface area (Å²) in [5.41, 5.74) is 4.48. The van der Waals surface area contributed by atoms with Gasteiger partial charge < -0.3 is 9.64 Å². The van der Waals surface area contributed by atoms with Gasteiger partial charge in [0.25, 0.3) is 0 Å². The third kappa shape index (κ3) is 5.68. The van der Waals surface area contributed by atoms with Crippen molar-refractivity contribution in [3.63, 3.8) is 0 Å². The Morgan fingerprint density at radius 1 is 1.15 bits per heavy atom. The largest absolute Gasteiger partial charge is 0.497 e. The van der Waals surface area contributed by atoms with E-state index in [0.29, 0.717) is 5.92 Å². The summed E-state index contributed by atoms with van der Waals surface area (Å²) in [6, 6.07) is 17.6.